The molecule has 12 heteroatoms. The van der Waals surface area contributed by atoms with Gasteiger partial charge in [-0.2, -0.15) is 13.2 Å². The third-order valence-electron chi connectivity index (χ3n) is 3.93. The molecule has 0 fully saturated rings. The zero-order chi connectivity index (χ0) is 23.4. The van der Waals surface area contributed by atoms with Gasteiger partial charge in [-0.1, -0.05) is 17.7 Å². The molecule has 3 N–H and O–H groups in total. The van der Waals surface area contributed by atoms with E-state index in [1.807, 2.05) is 5.32 Å². The van der Waals surface area contributed by atoms with Gasteiger partial charge in [0.05, 0.1) is 17.8 Å². The van der Waals surface area contributed by atoms with Crippen LogP contribution in [-0.4, -0.2) is 41.1 Å². The summed E-state index contributed by atoms with van der Waals surface area (Å²) < 4.78 is 42.8. The van der Waals surface area contributed by atoms with Crippen LogP contribution in [-0.2, 0) is 9.53 Å². The van der Waals surface area contributed by atoms with Crippen LogP contribution < -0.4 is 10.6 Å². The van der Waals surface area contributed by atoms with Crippen molar-refractivity contribution in [3.8, 4) is 0 Å². The van der Waals surface area contributed by atoms with Crippen molar-refractivity contribution in [1.82, 2.24) is 0 Å². The Bertz CT molecular complexity index is 1010. The van der Waals surface area contributed by atoms with Gasteiger partial charge in [0.15, 0.2) is 0 Å². The quantitative estimate of drug-likeness (QED) is 0.426. The molecule has 0 radical (unpaired) electrons. The molecule has 0 aliphatic carbocycles. The van der Waals surface area contributed by atoms with Crippen molar-refractivity contribution in [1.29, 1.82) is 0 Å². The second-order valence-corrected chi connectivity index (χ2v) is 7.67. The van der Waals surface area contributed by atoms with Gasteiger partial charge in [0, 0.05) is 16.1 Å². The first-order chi connectivity index (χ1) is 14.3. The molecule has 31 heavy (non-hydrogen) atoms. The van der Waals surface area contributed by atoms with E-state index < -0.39 is 28.9 Å². The van der Waals surface area contributed by atoms with E-state index in [1.54, 1.807) is 18.2 Å². The van der Waals surface area contributed by atoms with Crippen LogP contribution in [0.5, 0.6) is 0 Å². The monoisotopic (exact) mass is 476 g/mol. The van der Waals surface area contributed by atoms with Gasteiger partial charge in [0.1, 0.15) is 0 Å². The minimum absolute atomic E-state index is 0.0524. The number of carbonyl (C=O) groups is 3. The Labute approximate surface area is 183 Å². The van der Waals surface area contributed by atoms with Crippen LogP contribution in [0.1, 0.15) is 17.3 Å². The number of carbonyl (C=O) groups excluding carboxylic acids is 3. The van der Waals surface area contributed by atoms with E-state index in [0.717, 1.165) is 23.9 Å². The molecule has 2 aromatic carbocycles. The van der Waals surface area contributed by atoms with Gasteiger partial charge in [-0.3, -0.25) is 9.59 Å². The van der Waals surface area contributed by atoms with Crippen LogP contribution in [0.15, 0.2) is 47.4 Å². The first-order valence-corrected chi connectivity index (χ1v) is 9.62. The number of aliphatic hydroxyl groups is 1. The highest BCUT2D eigenvalue weighted by Crippen LogP contribution is 2.32. The van der Waals surface area contributed by atoms with E-state index in [-0.39, 0.29) is 16.3 Å². The fourth-order valence-electron chi connectivity index (χ4n) is 2.11. The Balaban J connectivity index is 2.13. The van der Waals surface area contributed by atoms with Gasteiger partial charge in [0.2, 0.25) is 5.60 Å². The smallest absolute Gasteiger partial charge is 0.426 e. The Morgan fingerprint density at radius 2 is 1.77 bits per heavy atom. The lowest BCUT2D eigenvalue weighted by atomic mass is 10.1. The van der Waals surface area contributed by atoms with Crippen LogP contribution in [0.2, 0.25) is 5.02 Å². The van der Waals surface area contributed by atoms with Crippen LogP contribution in [0, 0.1) is 0 Å². The molecule has 1 unspecified atom stereocenters. The lowest BCUT2D eigenvalue weighted by Gasteiger charge is -2.25. The third kappa shape index (κ3) is 6.12. The molecule has 0 bridgehead atoms. The average Bonchev–Trinajstić information content (AvgIpc) is 2.68. The van der Waals surface area contributed by atoms with Gasteiger partial charge in [-0.25, -0.2) is 4.79 Å². The number of hydrogen-bond donors (Lipinski definition) is 3. The van der Waals surface area contributed by atoms with Gasteiger partial charge in [0.25, 0.3) is 11.8 Å². The van der Waals surface area contributed by atoms with E-state index in [1.165, 1.54) is 19.2 Å². The van der Waals surface area contributed by atoms with Crippen molar-refractivity contribution >= 4 is 51.9 Å². The topological polar surface area (TPSA) is 105 Å². The molecule has 166 valence electrons. The summed E-state index contributed by atoms with van der Waals surface area (Å²) in [7, 11) is 1.24. The predicted octanol–water partition coefficient (Wildman–Crippen LogP) is 4.70. The van der Waals surface area contributed by atoms with E-state index in [2.05, 4.69) is 10.1 Å². The molecule has 2 amide bonds. The highest BCUT2D eigenvalue weighted by atomic mass is 35.5. The lowest BCUT2D eigenvalue weighted by Crippen LogP contribution is -2.52. The van der Waals surface area contributed by atoms with Crippen molar-refractivity contribution in [2.45, 2.75) is 23.6 Å². The summed E-state index contributed by atoms with van der Waals surface area (Å²) in [5, 5.41) is 13.1. The second-order valence-electron chi connectivity index (χ2n) is 6.26. The van der Waals surface area contributed by atoms with Crippen LogP contribution in [0.4, 0.5) is 29.3 Å². The second kappa shape index (κ2) is 9.58. The fraction of sp³-hybridized carbons (Fsp3) is 0.211. The zero-order valence-electron chi connectivity index (χ0n) is 16.0. The fourth-order valence-corrected chi connectivity index (χ4v) is 2.95. The number of nitrogens with one attached hydrogen (secondary N) is 2. The van der Waals surface area contributed by atoms with Crippen molar-refractivity contribution < 1.29 is 37.4 Å². The number of ether oxygens (including phenoxy) is 1. The van der Waals surface area contributed by atoms with Gasteiger partial charge in [-0.15, -0.1) is 0 Å². The van der Waals surface area contributed by atoms with Gasteiger partial charge >= 0.3 is 11.5 Å². The van der Waals surface area contributed by atoms with Crippen LogP contribution >= 0.6 is 23.4 Å². The van der Waals surface area contributed by atoms with E-state index >= 15 is 0 Å². The SMILES string of the molecule is COC(=O)Sc1cccc(NC(=O)c2ccc(NC(=O)C(C)(O)C(F)(F)F)c(Cl)c2)c1. The summed E-state index contributed by atoms with van der Waals surface area (Å²) >= 11 is 6.79. The predicted molar refractivity (Wildman–Crippen MR) is 109 cm³/mol. The molecule has 0 saturated carbocycles. The number of benzene rings is 2. The van der Waals surface area contributed by atoms with Crippen molar-refractivity contribution in [2.24, 2.45) is 0 Å². The van der Waals surface area contributed by atoms with Crippen molar-refractivity contribution in [2.75, 3.05) is 17.7 Å². The molecule has 1 atom stereocenters. The summed E-state index contributed by atoms with van der Waals surface area (Å²) in [6.07, 6.45) is -5.19. The maximum Gasteiger partial charge on any atom is 0.426 e. The zero-order valence-corrected chi connectivity index (χ0v) is 17.6. The first-order valence-electron chi connectivity index (χ1n) is 8.42. The number of thioether (sulfide) groups is 1. The lowest BCUT2D eigenvalue weighted by molar-refractivity contribution is -0.242. The maximum absolute atomic E-state index is 12.8. The van der Waals surface area contributed by atoms with E-state index in [9.17, 15) is 32.7 Å². The molecule has 7 nitrogen and oxygen atoms in total. The molecular weight excluding hydrogens is 461 g/mol. The maximum atomic E-state index is 12.8. The molecule has 2 rings (SSSR count). The molecule has 0 aliphatic heterocycles. The number of rotatable bonds is 5. The molecule has 0 heterocycles. The molecule has 0 aliphatic rings. The molecule has 2 aromatic rings. The van der Waals surface area contributed by atoms with Crippen LogP contribution in [0.25, 0.3) is 0 Å². The first kappa shape index (κ1) is 24.5. The van der Waals surface area contributed by atoms with E-state index in [4.69, 9.17) is 11.6 Å². The third-order valence-corrected chi connectivity index (χ3v) is 5.07. The summed E-state index contributed by atoms with van der Waals surface area (Å²) in [6, 6.07) is 9.86. The highest BCUT2D eigenvalue weighted by molar-refractivity contribution is 8.13. The number of alkyl halides is 3. The molecular formula is C19H16ClF3N2O5S. The van der Waals surface area contributed by atoms with E-state index in [0.29, 0.717) is 17.5 Å². The summed E-state index contributed by atoms with van der Waals surface area (Å²) in [5.74, 6) is -2.32. The average molecular weight is 477 g/mol. The molecule has 0 saturated heterocycles. The van der Waals surface area contributed by atoms with Gasteiger partial charge in [-0.05, 0) is 55.1 Å². The summed E-state index contributed by atoms with van der Waals surface area (Å²) in [5.41, 5.74) is -3.42. The van der Waals surface area contributed by atoms with Crippen molar-refractivity contribution in [3.05, 3.63) is 53.1 Å². The van der Waals surface area contributed by atoms with Crippen LogP contribution in [0.3, 0.4) is 0 Å². The van der Waals surface area contributed by atoms with Gasteiger partial charge < -0.3 is 20.5 Å². The number of amides is 2. The normalized spacial score (nSPS) is 13.1. The molecule has 0 spiro atoms. The number of hydrogen-bond acceptors (Lipinski definition) is 6. The summed E-state index contributed by atoms with van der Waals surface area (Å²) in [6.45, 7) is 0.310. The number of anilines is 2. The Hall–Kier alpha value is -2.76. The minimum Gasteiger partial charge on any atom is -0.461 e. The van der Waals surface area contributed by atoms with Crippen molar-refractivity contribution in [3.63, 3.8) is 0 Å². The summed E-state index contributed by atoms with van der Waals surface area (Å²) in [4.78, 5) is 36.1. The Morgan fingerprint density at radius 3 is 2.35 bits per heavy atom. The number of methoxy groups -OCH3 is 1. The molecule has 0 aromatic heterocycles. The highest BCUT2D eigenvalue weighted by Gasteiger charge is 2.55. The Kier molecular flexibility index (Phi) is 7.58. The largest absolute Gasteiger partial charge is 0.461 e. The number of halogens is 4. The minimum atomic E-state index is -5.19. The standard InChI is InChI=1S/C19H16ClF3N2O5S/c1-18(29,19(21,22)23)16(27)25-14-7-6-10(8-13(14)20)15(26)24-11-4-3-5-12(9-11)31-17(28)30-2/h3-9,29H,1-2H3,(H,24,26)(H,25,27). The Morgan fingerprint density at radius 1 is 1.10 bits per heavy atom.